The summed E-state index contributed by atoms with van der Waals surface area (Å²) in [4.78, 5) is 38.0. The Balaban J connectivity index is 4.22. The molecule has 0 aromatic carbocycles. The van der Waals surface area contributed by atoms with Gasteiger partial charge in [0.05, 0.1) is 0 Å². The number of allylic oxidation sites excluding steroid dienone is 12. The van der Waals surface area contributed by atoms with Crippen molar-refractivity contribution in [1.82, 2.24) is 0 Å². The standard InChI is InChI=1S/C61H106O6/c1-4-7-10-13-16-19-22-23-24-25-26-27-28-29-30-31-32-33-34-35-36-37-40-42-45-48-51-54-60(63)66-57-58(67-61(64)55-52-49-46-43-39-21-18-15-12-9-6-3)56-65-59(62)53-50-47-44-41-38-20-17-14-11-8-5-2/h7,10,16,19,23-24,26-27,29-30,32-33,58H,4-6,8-9,11-15,17-18,20-22,25,28,31,34-57H2,1-3H3/b10-7-,19-16-,24-23-,27-26-,30-29-,33-32-. The maximum atomic E-state index is 12.8. The third-order valence-corrected chi connectivity index (χ3v) is 12.2. The van der Waals surface area contributed by atoms with Crippen molar-refractivity contribution in [2.45, 2.75) is 284 Å². The number of hydrogen-bond acceptors (Lipinski definition) is 6. The van der Waals surface area contributed by atoms with Gasteiger partial charge in [-0.1, -0.05) is 261 Å². The minimum atomic E-state index is -0.773. The van der Waals surface area contributed by atoms with Gasteiger partial charge in [0.15, 0.2) is 6.10 Å². The second-order valence-corrected chi connectivity index (χ2v) is 18.8. The van der Waals surface area contributed by atoms with E-state index in [0.717, 1.165) is 103 Å². The van der Waals surface area contributed by atoms with E-state index in [0.29, 0.717) is 19.3 Å². The van der Waals surface area contributed by atoms with Crippen molar-refractivity contribution in [2.75, 3.05) is 13.2 Å². The molecule has 0 saturated carbocycles. The molecule has 0 amide bonds. The van der Waals surface area contributed by atoms with E-state index in [1.54, 1.807) is 0 Å². The molecule has 0 aliphatic rings. The Hall–Kier alpha value is -3.15. The van der Waals surface area contributed by atoms with Gasteiger partial charge in [0, 0.05) is 19.3 Å². The summed E-state index contributed by atoms with van der Waals surface area (Å²) in [5.74, 6) is -0.876. The van der Waals surface area contributed by atoms with Crippen molar-refractivity contribution < 1.29 is 28.6 Å². The minimum Gasteiger partial charge on any atom is -0.462 e. The molecular formula is C61H106O6. The summed E-state index contributed by atoms with van der Waals surface area (Å²) in [7, 11) is 0. The number of rotatable bonds is 51. The van der Waals surface area contributed by atoms with Gasteiger partial charge in [-0.3, -0.25) is 14.4 Å². The maximum Gasteiger partial charge on any atom is 0.306 e. The van der Waals surface area contributed by atoms with Crippen molar-refractivity contribution in [3.63, 3.8) is 0 Å². The fraction of sp³-hybridized carbons (Fsp3) is 0.754. The Morgan fingerprint density at radius 3 is 0.910 bits per heavy atom. The summed E-state index contributed by atoms with van der Waals surface area (Å²) in [5, 5.41) is 0. The van der Waals surface area contributed by atoms with E-state index in [1.165, 1.54) is 135 Å². The number of hydrogen-bond donors (Lipinski definition) is 0. The summed E-state index contributed by atoms with van der Waals surface area (Å²) in [6, 6.07) is 0. The summed E-state index contributed by atoms with van der Waals surface area (Å²) >= 11 is 0. The van der Waals surface area contributed by atoms with Crippen LogP contribution in [0.25, 0.3) is 0 Å². The zero-order chi connectivity index (χ0) is 48.6. The van der Waals surface area contributed by atoms with E-state index in [-0.39, 0.29) is 31.1 Å². The predicted molar refractivity (Wildman–Crippen MR) is 288 cm³/mol. The van der Waals surface area contributed by atoms with Crippen molar-refractivity contribution in [3.8, 4) is 0 Å². The van der Waals surface area contributed by atoms with Crippen molar-refractivity contribution in [3.05, 3.63) is 72.9 Å². The first-order chi connectivity index (χ1) is 33.0. The van der Waals surface area contributed by atoms with E-state index in [1.807, 2.05) is 0 Å². The van der Waals surface area contributed by atoms with E-state index in [2.05, 4.69) is 93.7 Å². The molecule has 6 nitrogen and oxygen atoms in total. The first kappa shape index (κ1) is 63.8. The van der Waals surface area contributed by atoms with Gasteiger partial charge in [0.25, 0.3) is 0 Å². The third-order valence-electron chi connectivity index (χ3n) is 12.2. The molecule has 0 rings (SSSR count). The van der Waals surface area contributed by atoms with Crippen LogP contribution in [0, 0.1) is 0 Å². The molecule has 6 heteroatoms. The molecule has 0 aliphatic heterocycles. The zero-order valence-electron chi connectivity index (χ0n) is 44.2. The Labute approximate surface area is 414 Å². The van der Waals surface area contributed by atoms with E-state index < -0.39 is 6.10 Å². The Kier molecular flexibility index (Phi) is 52.8. The van der Waals surface area contributed by atoms with Gasteiger partial charge in [-0.2, -0.15) is 0 Å². The molecule has 0 aliphatic carbocycles. The maximum absolute atomic E-state index is 12.8. The lowest BCUT2D eigenvalue weighted by Gasteiger charge is -2.18. The van der Waals surface area contributed by atoms with Crippen LogP contribution in [0.15, 0.2) is 72.9 Å². The van der Waals surface area contributed by atoms with Gasteiger partial charge in [0.2, 0.25) is 0 Å². The number of ether oxygens (including phenoxy) is 3. The molecular weight excluding hydrogens is 829 g/mol. The Morgan fingerprint density at radius 2 is 0.582 bits per heavy atom. The van der Waals surface area contributed by atoms with E-state index in [9.17, 15) is 14.4 Å². The quantitative estimate of drug-likeness (QED) is 0.0262. The average molecular weight is 936 g/mol. The first-order valence-corrected chi connectivity index (χ1v) is 28.4. The van der Waals surface area contributed by atoms with Crippen LogP contribution in [-0.2, 0) is 28.6 Å². The molecule has 0 saturated heterocycles. The number of carbonyl (C=O) groups is 3. The van der Waals surface area contributed by atoms with Crippen molar-refractivity contribution in [2.24, 2.45) is 0 Å². The molecule has 0 aromatic rings. The van der Waals surface area contributed by atoms with Crippen molar-refractivity contribution >= 4 is 17.9 Å². The molecule has 0 bridgehead atoms. The smallest absolute Gasteiger partial charge is 0.306 e. The van der Waals surface area contributed by atoms with Crippen LogP contribution in [0.1, 0.15) is 278 Å². The Morgan fingerprint density at radius 1 is 0.313 bits per heavy atom. The van der Waals surface area contributed by atoms with Crippen LogP contribution >= 0.6 is 0 Å². The number of carbonyl (C=O) groups excluding carboxylic acids is 3. The molecule has 1 atom stereocenters. The fourth-order valence-corrected chi connectivity index (χ4v) is 7.98. The second-order valence-electron chi connectivity index (χ2n) is 18.8. The number of esters is 3. The predicted octanol–water partition coefficient (Wildman–Crippen LogP) is 19.0. The van der Waals surface area contributed by atoms with Gasteiger partial charge < -0.3 is 14.2 Å². The largest absolute Gasteiger partial charge is 0.462 e. The molecule has 1 unspecified atom stereocenters. The summed E-state index contributed by atoms with van der Waals surface area (Å²) in [6.45, 7) is 6.52. The van der Waals surface area contributed by atoms with Crippen LogP contribution < -0.4 is 0 Å². The molecule has 0 spiro atoms. The lowest BCUT2D eigenvalue weighted by atomic mass is 10.1. The van der Waals surface area contributed by atoms with Crippen LogP contribution in [0.4, 0.5) is 0 Å². The summed E-state index contributed by atoms with van der Waals surface area (Å²) in [6.07, 6.45) is 70.4. The zero-order valence-corrected chi connectivity index (χ0v) is 44.2. The topological polar surface area (TPSA) is 78.9 Å². The minimum absolute atomic E-state index is 0.0739. The van der Waals surface area contributed by atoms with Gasteiger partial charge in [-0.25, -0.2) is 0 Å². The van der Waals surface area contributed by atoms with Gasteiger partial charge in [0.1, 0.15) is 13.2 Å². The fourth-order valence-electron chi connectivity index (χ4n) is 7.98. The highest BCUT2D eigenvalue weighted by Gasteiger charge is 2.19. The lowest BCUT2D eigenvalue weighted by Crippen LogP contribution is -2.30. The molecule has 67 heavy (non-hydrogen) atoms. The lowest BCUT2D eigenvalue weighted by molar-refractivity contribution is -0.167. The molecule has 0 radical (unpaired) electrons. The van der Waals surface area contributed by atoms with Gasteiger partial charge in [-0.15, -0.1) is 0 Å². The summed E-state index contributed by atoms with van der Waals surface area (Å²) in [5.41, 5.74) is 0. The van der Waals surface area contributed by atoms with E-state index >= 15 is 0 Å². The van der Waals surface area contributed by atoms with Crippen LogP contribution in [0.5, 0.6) is 0 Å². The molecule has 0 aromatic heterocycles. The van der Waals surface area contributed by atoms with Crippen LogP contribution in [-0.4, -0.2) is 37.2 Å². The Bertz CT molecular complexity index is 1260. The van der Waals surface area contributed by atoms with Crippen LogP contribution in [0.2, 0.25) is 0 Å². The molecule has 386 valence electrons. The SMILES string of the molecule is CC/C=C\C/C=C\C/C=C\C/C=C\C/C=C\C/C=C\CCCCCCCCCCC(=O)OCC(COC(=O)CCCCCCCCCCCCC)OC(=O)CCCCCCCCCCCCC. The third kappa shape index (κ3) is 53.7. The van der Waals surface area contributed by atoms with Gasteiger partial charge in [-0.05, 0) is 70.6 Å². The monoisotopic (exact) mass is 935 g/mol. The summed E-state index contributed by atoms with van der Waals surface area (Å²) < 4.78 is 16.8. The molecule has 0 fully saturated rings. The highest BCUT2D eigenvalue weighted by Crippen LogP contribution is 2.16. The van der Waals surface area contributed by atoms with Gasteiger partial charge >= 0.3 is 17.9 Å². The van der Waals surface area contributed by atoms with E-state index in [4.69, 9.17) is 14.2 Å². The highest BCUT2D eigenvalue weighted by molar-refractivity contribution is 5.71. The first-order valence-electron chi connectivity index (χ1n) is 28.4. The second kappa shape index (κ2) is 55.4. The molecule has 0 N–H and O–H groups in total. The van der Waals surface area contributed by atoms with Crippen molar-refractivity contribution in [1.29, 1.82) is 0 Å². The normalized spacial score (nSPS) is 12.6. The number of unbranched alkanes of at least 4 members (excludes halogenated alkanes) is 28. The highest BCUT2D eigenvalue weighted by atomic mass is 16.6. The van der Waals surface area contributed by atoms with Crippen LogP contribution in [0.3, 0.4) is 0 Å². The average Bonchev–Trinajstić information content (AvgIpc) is 3.33. The molecule has 0 heterocycles.